The first-order valence-corrected chi connectivity index (χ1v) is 3.70. The summed E-state index contributed by atoms with van der Waals surface area (Å²) >= 11 is 1.53. The fourth-order valence-electron chi connectivity index (χ4n) is 0.669. The maximum absolute atomic E-state index is 9.84. The van der Waals surface area contributed by atoms with Crippen LogP contribution < -0.4 is 0 Å². The van der Waals surface area contributed by atoms with E-state index in [1.165, 1.54) is 11.8 Å². The molecule has 1 heterocycles. The second-order valence-corrected chi connectivity index (χ2v) is 3.19. The van der Waals surface area contributed by atoms with Crippen molar-refractivity contribution in [2.45, 2.75) is 5.60 Å². The quantitative estimate of drug-likeness (QED) is 0.434. The average molecular weight is 149 g/mol. The molecule has 1 fully saturated rings. The van der Waals surface area contributed by atoms with Crippen LogP contribution in [-0.2, 0) is 0 Å². The van der Waals surface area contributed by atoms with Gasteiger partial charge in [-0.2, -0.15) is 11.8 Å². The molecule has 1 aliphatic heterocycles. The van der Waals surface area contributed by atoms with Crippen LogP contribution in [0.2, 0.25) is 0 Å². The van der Waals surface area contributed by atoms with E-state index < -0.39 is 10.5 Å². The van der Waals surface area contributed by atoms with Gasteiger partial charge in [0.05, 0.1) is 0 Å². The maximum Gasteiger partial charge on any atom is 0.233 e. The van der Waals surface area contributed by atoms with Crippen LogP contribution in [0.4, 0.5) is 0 Å². The molecule has 4 nitrogen and oxygen atoms in total. The minimum atomic E-state index is -0.992. The highest BCUT2D eigenvalue weighted by molar-refractivity contribution is 8.00. The SMILES string of the molecule is O=[N+]([O-])CC1(O)CSC1. The molecule has 0 aliphatic carbocycles. The zero-order valence-corrected chi connectivity index (χ0v) is 5.56. The van der Waals surface area contributed by atoms with E-state index in [9.17, 15) is 10.1 Å². The molecule has 0 aromatic rings. The zero-order chi connectivity index (χ0) is 6.91. The van der Waals surface area contributed by atoms with E-state index in [-0.39, 0.29) is 6.54 Å². The van der Waals surface area contributed by atoms with Crippen molar-refractivity contribution < 1.29 is 10.0 Å². The molecule has 1 aliphatic rings. The topological polar surface area (TPSA) is 63.4 Å². The first kappa shape index (κ1) is 6.82. The Labute approximate surface area is 56.4 Å². The predicted octanol–water partition coefficient (Wildman–Crippen LogP) is -0.259. The van der Waals surface area contributed by atoms with Gasteiger partial charge in [-0.25, -0.2) is 0 Å². The van der Waals surface area contributed by atoms with Crippen LogP contribution in [0.3, 0.4) is 0 Å². The van der Waals surface area contributed by atoms with Crippen LogP contribution in [0.15, 0.2) is 0 Å². The van der Waals surface area contributed by atoms with Crippen molar-refractivity contribution in [1.82, 2.24) is 0 Å². The third-order valence-electron chi connectivity index (χ3n) is 1.16. The number of rotatable bonds is 2. The Bertz CT molecular complexity index is 134. The van der Waals surface area contributed by atoms with Crippen molar-refractivity contribution in [2.24, 2.45) is 0 Å². The molecule has 0 radical (unpaired) electrons. The molecule has 0 spiro atoms. The average Bonchev–Trinajstić information content (AvgIpc) is 1.60. The highest BCUT2D eigenvalue weighted by atomic mass is 32.2. The fraction of sp³-hybridized carbons (Fsp3) is 1.00. The Balaban J connectivity index is 2.33. The van der Waals surface area contributed by atoms with Crippen molar-refractivity contribution in [1.29, 1.82) is 0 Å². The maximum atomic E-state index is 9.84. The zero-order valence-electron chi connectivity index (χ0n) is 4.74. The fourth-order valence-corrected chi connectivity index (χ4v) is 1.53. The summed E-state index contributed by atoms with van der Waals surface area (Å²) in [5.74, 6) is 1.02. The summed E-state index contributed by atoms with van der Waals surface area (Å²) in [5.41, 5.74) is -0.992. The van der Waals surface area contributed by atoms with Crippen molar-refractivity contribution in [3.8, 4) is 0 Å². The normalized spacial score (nSPS) is 22.8. The van der Waals surface area contributed by atoms with Crippen LogP contribution in [0.25, 0.3) is 0 Å². The Morgan fingerprint density at radius 2 is 2.33 bits per heavy atom. The number of hydrogen-bond donors (Lipinski definition) is 1. The van der Waals surface area contributed by atoms with E-state index in [4.69, 9.17) is 5.11 Å². The van der Waals surface area contributed by atoms with Gasteiger partial charge in [0.2, 0.25) is 6.54 Å². The summed E-state index contributed by atoms with van der Waals surface area (Å²) in [6.07, 6.45) is 0. The van der Waals surface area contributed by atoms with E-state index >= 15 is 0 Å². The molecule has 1 saturated heterocycles. The molecule has 1 rings (SSSR count). The van der Waals surface area contributed by atoms with E-state index in [1.54, 1.807) is 0 Å². The van der Waals surface area contributed by atoms with Crippen molar-refractivity contribution in [3.05, 3.63) is 10.1 Å². The largest absolute Gasteiger partial charge is 0.381 e. The lowest BCUT2D eigenvalue weighted by Gasteiger charge is -2.31. The molecule has 0 saturated carbocycles. The van der Waals surface area contributed by atoms with Gasteiger partial charge in [0.25, 0.3) is 0 Å². The second-order valence-electron chi connectivity index (χ2n) is 2.21. The highest BCUT2D eigenvalue weighted by Gasteiger charge is 2.40. The summed E-state index contributed by atoms with van der Waals surface area (Å²) in [6, 6.07) is 0. The minimum absolute atomic E-state index is 0.306. The Morgan fingerprint density at radius 1 is 1.78 bits per heavy atom. The summed E-state index contributed by atoms with van der Waals surface area (Å²) in [5, 5.41) is 19.0. The van der Waals surface area contributed by atoms with Crippen LogP contribution in [0, 0.1) is 10.1 Å². The molecule has 1 N–H and O–H groups in total. The number of thioether (sulfide) groups is 1. The molecular weight excluding hydrogens is 142 g/mol. The molecule has 5 heteroatoms. The van der Waals surface area contributed by atoms with Crippen molar-refractivity contribution in [2.75, 3.05) is 18.1 Å². The lowest BCUT2D eigenvalue weighted by atomic mass is 10.1. The molecule has 0 unspecified atom stereocenters. The predicted molar refractivity (Wildman–Crippen MR) is 34.1 cm³/mol. The van der Waals surface area contributed by atoms with Crippen molar-refractivity contribution in [3.63, 3.8) is 0 Å². The Morgan fingerprint density at radius 3 is 2.44 bits per heavy atom. The standard InChI is InChI=1S/C4H7NO3S/c6-4(1-5(7)8)2-9-3-4/h6H,1-3H2. The van der Waals surface area contributed by atoms with Gasteiger partial charge in [0, 0.05) is 16.4 Å². The highest BCUT2D eigenvalue weighted by Crippen LogP contribution is 2.28. The first-order valence-electron chi connectivity index (χ1n) is 2.54. The van der Waals surface area contributed by atoms with Crippen LogP contribution in [0.1, 0.15) is 0 Å². The van der Waals surface area contributed by atoms with Gasteiger partial charge in [-0.05, 0) is 0 Å². The van der Waals surface area contributed by atoms with Gasteiger partial charge in [0.1, 0.15) is 5.60 Å². The number of nitro groups is 1. The number of aliphatic hydroxyl groups is 1. The molecule has 0 aromatic heterocycles. The van der Waals surface area contributed by atoms with E-state index in [2.05, 4.69) is 0 Å². The minimum Gasteiger partial charge on any atom is -0.381 e. The van der Waals surface area contributed by atoms with E-state index in [1.807, 2.05) is 0 Å². The van der Waals surface area contributed by atoms with Crippen LogP contribution >= 0.6 is 11.8 Å². The van der Waals surface area contributed by atoms with Crippen molar-refractivity contribution >= 4 is 11.8 Å². The Kier molecular flexibility index (Phi) is 1.63. The van der Waals surface area contributed by atoms with Gasteiger partial charge in [0.15, 0.2) is 0 Å². The van der Waals surface area contributed by atoms with Gasteiger partial charge < -0.3 is 5.11 Å². The smallest absolute Gasteiger partial charge is 0.233 e. The van der Waals surface area contributed by atoms with Gasteiger partial charge in [-0.3, -0.25) is 10.1 Å². The molecular formula is C4H7NO3S. The molecule has 0 atom stereocenters. The first-order chi connectivity index (χ1) is 4.12. The molecule has 52 valence electrons. The third-order valence-corrected chi connectivity index (χ3v) is 2.65. The summed E-state index contributed by atoms with van der Waals surface area (Å²) in [6.45, 7) is -0.306. The lowest BCUT2D eigenvalue weighted by Crippen LogP contribution is -2.48. The van der Waals surface area contributed by atoms with Gasteiger partial charge >= 0.3 is 0 Å². The molecule has 0 amide bonds. The molecule has 0 aromatic carbocycles. The number of hydrogen-bond acceptors (Lipinski definition) is 4. The van der Waals surface area contributed by atoms with Gasteiger partial charge in [-0.1, -0.05) is 0 Å². The summed E-state index contributed by atoms with van der Waals surface area (Å²) < 4.78 is 0. The van der Waals surface area contributed by atoms with Crippen LogP contribution in [0.5, 0.6) is 0 Å². The van der Waals surface area contributed by atoms with Crippen LogP contribution in [-0.4, -0.2) is 33.7 Å². The Hall–Kier alpha value is -0.290. The third kappa shape index (κ3) is 1.56. The monoisotopic (exact) mass is 149 g/mol. The summed E-state index contributed by atoms with van der Waals surface area (Å²) in [4.78, 5) is 9.37. The molecule has 0 bridgehead atoms. The van der Waals surface area contributed by atoms with E-state index in [0.717, 1.165) is 0 Å². The van der Waals surface area contributed by atoms with E-state index in [0.29, 0.717) is 11.5 Å². The molecule has 9 heavy (non-hydrogen) atoms. The lowest BCUT2D eigenvalue weighted by molar-refractivity contribution is -0.498. The second kappa shape index (κ2) is 2.15. The summed E-state index contributed by atoms with van der Waals surface area (Å²) in [7, 11) is 0. The number of nitrogens with zero attached hydrogens (tertiary/aromatic N) is 1. The van der Waals surface area contributed by atoms with Gasteiger partial charge in [-0.15, -0.1) is 0 Å².